The van der Waals surface area contributed by atoms with Gasteiger partial charge in [-0.25, -0.2) is 12.7 Å². The van der Waals surface area contributed by atoms with Crippen LogP contribution in [0, 0.1) is 6.92 Å². The van der Waals surface area contributed by atoms with Gasteiger partial charge in [0.2, 0.25) is 5.88 Å². The van der Waals surface area contributed by atoms with Crippen molar-refractivity contribution in [1.82, 2.24) is 4.98 Å². The lowest BCUT2D eigenvalue weighted by molar-refractivity contribution is 0.463. The minimum Gasteiger partial charge on any atom is -0.439 e. The molecule has 1 aliphatic rings. The third-order valence-electron chi connectivity index (χ3n) is 4.08. The minimum atomic E-state index is -3.61. The van der Waals surface area contributed by atoms with Gasteiger partial charge in [-0.3, -0.25) is 0 Å². The van der Waals surface area contributed by atoms with Crippen LogP contribution in [0.3, 0.4) is 0 Å². The monoisotopic (exact) mass is 386 g/mol. The van der Waals surface area contributed by atoms with Crippen LogP contribution in [0.25, 0.3) is 0 Å². The third kappa shape index (κ3) is 3.02. The van der Waals surface area contributed by atoms with Crippen LogP contribution in [-0.2, 0) is 16.6 Å². The first-order valence-electron chi connectivity index (χ1n) is 7.96. The third-order valence-corrected chi connectivity index (χ3v) is 6.18. The fourth-order valence-corrected chi connectivity index (χ4v) is 4.60. The normalized spacial score (nSPS) is 14.9. The number of sulfonamides is 1. The summed E-state index contributed by atoms with van der Waals surface area (Å²) in [5.41, 5.74) is 1.61. The van der Waals surface area contributed by atoms with Crippen LogP contribution >= 0.6 is 11.6 Å². The van der Waals surface area contributed by atoms with Crippen molar-refractivity contribution < 1.29 is 13.2 Å². The van der Waals surface area contributed by atoms with E-state index in [-0.39, 0.29) is 6.54 Å². The first-order chi connectivity index (χ1) is 12.4. The fraction of sp³-hybridized carbons (Fsp3) is 0.105. The second kappa shape index (κ2) is 6.30. The Morgan fingerprint density at radius 3 is 2.54 bits per heavy atom. The van der Waals surface area contributed by atoms with Crippen molar-refractivity contribution in [3.05, 3.63) is 76.8 Å². The van der Waals surface area contributed by atoms with Gasteiger partial charge in [-0.2, -0.15) is 4.98 Å². The highest BCUT2D eigenvalue weighted by Crippen LogP contribution is 2.35. The summed E-state index contributed by atoms with van der Waals surface area (Å²) in [6, 6.07) is 17.4. The molecule has 3 aromatic rings. The lowest BCUT2D eigenvalue weighted by atomic mass is 10.2. The Morgan fingerprint density at radius 1 is 1.08 bits per heavy atom. The second-order valence-electron chi connectivity index (χ2n) is 6.02. The molecule has 0 saturated heterocycles. The van der Waals surface area contributed by atoms with Crippen LogP contribution in [0.2, 0.25) is 5.02 Å². The zero-order valence-corrected chi connectivity index (χ0v) is 15.5. The van der Waals surface area contributed by atoms with Crippen LogP contribution in [0.4, 0.5) is 5.82 Å². The van der Waals surface area contributed by atoms with Crippen molar-refractivity contribution in [3.8, 4) is 11.6 Å². The number of hydrogen-bond acceptors (Lipinski definition) is 4. The van der Waals surface area contributed by atoms with Gasteiger partial charge < -0.3 is 4.74 Å². The molecule has 1 aliphatic heterocycles. The molecule has 2 aromatic carbocycles. The number of halogens is 1. The molecular weight excluding hydrogens is 372 g/mol. The number of aromatic nitrogens is 1. The van der Waals surface area contributed by atoms with E-state index in [1.807, 2.05) is 19.1 Å². The summed E-state index contributed by atoms with van der Waals surface area (Å²) in [7, 11) is -3.61. The van der Waals surface area contributed by atoms with Gasteiger partial charge in [-0.05, 0) is 54.4 Å². The highest BCUT2D eigenvalue weighted by Gasteiger charge is 2.35. The molecule has 0 spiro atoms. The molecule has 26 heavy (non-hydrogen) atoms. The van der Waals surface area contributed by atoms with E-state index in [1.165, 1.54) is 4.31 Å². The summed E-state index contributed by atoms with van der Waals surface area (Å²) < 4.78 is 32.7. The Hall–Kier alpha value is -2.57. The van der Waals surface area contributed by atoms with Gasteiger partial charge in [0.05, 0.1) is 11.4 Å². The summed E-state index contributed by atoms with van der Waals surface area (Å²) in [4.78, 5) is 4.73. The number of hydrogen-bond donors (Lipinski definition) is 0. The molecule has 0 unspecified atom stereocenters. The van der Waals surface area contributed by atoms with E-state index in [0.717, 1.165) is 11.1 Å². The summed E-state index contributed by atoms with van der Waals surface area (Å²) in [6.45, 7) is 2.13. The van der Waals surface area contributed by atoms with Gasteiger partial charge in [0.15, 0.2) is 0 Å². The molecule has 0 bridgehead atoms. The van der Waals surface area contributed by atoms with E-state index in [4.69, 9.17) is 16.3 Å². The minimum absolute atomic E-state index is 0.259. The molecule has 0 fully saturated rings. The van der Waals surface area contributed by atoms with Crippen LogP contribution in [0.5, 0.6) is 11.6 Å². The molecule has 0 aliphatic carbocycles. The Labute approximate surface area is 156 Å². The largest absolute Gasteiger partial charge is 0.439 e. The molecule has 2 heterocycles. The standard InChI is InChI=1S/C19H15ClN2O3S/c1-13-10-18(21-19(11-13)25-16-8-6-15(20)7-9-16)22-12-14-4-2-3-5-17(14)26(22,23)24/h2-11H,12H2,1H3. The van der Waals surface area contributed by atoms with Crippen molar-refractivity contribution in [2.24, 2.45) is 0 Å². The number of rotatable bonds is 3. The highest BCUT2D eigenvalue weighted by atomic mass is 35.5. The molecule has 0 N–H and O–H groups in total. The number of benzene rings is 2. The van der Waals surface area contributed by atoms with Crippen molar-refractivity contribution >= 4 is 27.4 Å². The SMILES string of the molecule is Cc1cc(Oc2ccc(Cl)cc2)nc(N2Cc3ccccc3S2(=O)=O)c1. The quantitative estimate of drug-likeness (QED) is 0.662. The van der Waals surface area contributed by atoms with Gasteiger partial charge in [-0.1, -0.05) is 29.8 Å². The Bertz CT molecular complexity index is 1080. The molecule has 132 valence electrons. The highest BCUT2D eigenvalue weighted by molar-refractivity contribution is 7.93. The Balaban J connectivity index is 1.70. The van der Waals surface area contributed by atoms with Crippen LogP contribution in [0.1, 0.15) is 11.1 Å². The van der Waals surface area contributed by atoms with E-state index in [0.29, 0.717) is 27.4 Å². The molecule has 7 heteroatoms. The number of nitrogens with zero attached hydrogens (tertiary/aromatic N) is 2. The number of anilines is 1. The molecule has 0 amide bonds. The molecule has 0 atom stereocenters. The van der Waals surface area contributed by atoms with E-state index < -0.39 is 10.0 Å². The van der Waals surface area contributed by atoms with E-state index >= 15 is 0 Å². The second-order valence-corrected chi connectivity index (χ2v) is 8.28. The first-order valence-corrected chi connectivity index (χ1v) is 9.78. The summed E-state index contributed by atoms with van der Waals surface area (Å²) >= 11 is 5.88. The van der Waals surface area contributed by atoms with Crippen LogP contribution in [0.15, 0.2) is 65.6 Å². The molecule has 0 saturated carbocycles. The maximum Gasteiger partial charge on any atom is 0.266 e. The van der Waals surface area contributed by atoms with E-state index in [2.05, 4.69) is 4.98 Å². The maximum absolute atomic E-state index is 12.8. The molecule has 1 aromatic heterocycles. The van der Waals surface area contributed by atoms with Gasteiger partial charge in [0, 0.05) is 11.1 Å². The zero-order chi connectivity index (χ0) is 18.3. The summed E-state index contributed by atoms with van der Waals surface area (Å²) in [5, 5.41) is 0.608. The van der Waals surface area contributed by atoms with Gasteiger partial charge in [0.25, 0.3) is 10.0 Å². The first kappa shape index (κ1) is 16.9. The van der Waals surface area contributed by atoms with Gasteiger partial charge in [-0.15, -0.1) is 0 Å². The lowest BCUT2D eigenvalue weighted by Gasteiger charge is -2.17. The van der Waals surface area contributed by atoms with E-state index in [1.54, 1.807) is 48.5 Å². The summed E-state index contributed by atoms with van der Waals surface area (Å²) in [6.07, 6.45) is 0. The Kier molecular flexibility index (Phi) is 4.09. The zero-order valence-electron chi connectivity index (χ0n) is 13.9. The fourth-order valence-electron chi connectivity index (χ4n) is 2.87. The van der Waals surface area contributed by atoms with Crippen molar-refractivity contribution in [1.29, 1.82) is 0 Å². The number of aryl methyl sites for hydroxylation is 1. The van der Waals surface area contributed by atoms with Crippen molar-refractivity contribution in [3.63, 3.8) is 0 Å². The molecule has 0 radical (unpaired) electrons. The average Bonchev–Trinajstić information content (AvgIpc) is 2.88. The van der Waals surface area contributed by atoms with Gasteiger partial charge >= 0.3 is 0 Å². The summed E-state index contributed by atoms with van der Waals surface area (Å²) in [5.74, 6) is 1.24. The Morgan fingerprint density at radius 2 is 1.81 bits per heavy atom. The molecular formula is C19H15ClN2O3S. The molecule has 5 nitrogen and oxygen atoms in total. The molecule has 4 rings (SSSR count). The predicted octanol–water partition coefficient (Wildman–Crippen LogP) is 4.54. The predicted molar refractivity (Wildman–Crippen MR) is 100 cm³/mol. The van der Waals surface area contributed by atoms with Crippen LogP contribution < -0.4 is 9.04 Å². The lowest BCUT2D eigenvalue weighted by Crippen LogP contribution is -2.24. The maximum atomic E-state index is 12.8. The smallest absolute Gasteiger partial charge is 0.266 e. The van der Waals surface area contributed by atoms with Crippen LogP contribution in [-0.4, -0.2) is 13.4 Å². The number of pyridine rings is 1. The average molecular weight is 387 g/mol. The topological polar surface area (TPSA) is 59.5 Å². The van der Waals surface area contributed by atoms with Gasteiger partial charge in [0.1, 0.15) is 11.6 Å². The van der Waals surface area contributed by atoms with Crippen molar-refractivity contribution in [2.75, 3.05) is 4.31 Å². The number of fused-ring (bicyclic) bond motifs is 1. The number of ether oxygens (including phenoxy) is 1. The van der Waals surface area contributed by atoms with Crippen molar-refractivity contribution in [2.45, 2.75) is 18.4 Å². The van der Waals surface area contributed by atoms with E-state index in [9.17, 15) is 8.42 Å².